The standard InChI is InChI=1S/C14H20N2/c1-13(9-5-6-10-13)15(3)16(4)14(2)11-7-8-12-14/h5-12H,1-4H3. The summed E-state index contributed by atoms with van der Waals surface area (Å²) < 4.78 is 0. The summed E-state index contributed by atoms with van der Waals surface area (Å²) >= 11 is 0. The maximum absolute atomic E-state index is 2.27. The van der Waals surface area contributed by atoms with E-state index in [9.17, 15) is 0 Å². The van der Waals surface area contributed by atoms with Crippen LogP contribution in [0.3, 0.4) is 0 Å². The van der Waals surface area contributed by atoms with Crippen LogP contribution in [-0.2, 0) is 0 Å². The molecule has 86 valence electrons. The molecule has 0 atom stereocenters. The van der Waals surface area contributed by atoms with Crippen molar-refractivity contribution in [2.45, 2.75) is 24.9 Å². The summed E-state index contributed by atoms with van der Waals surface area (Å²) in [5.41, 5.74) is -0.0238. The first-order chi connectivity index (χ1) is 7.48. The van der Waals surface area contributed by atoms with Gasteiger partial charge in [0.25, 0.3) is 0 Å². The molecule has 16 heavy (non-hydrogen) atoms. The Morgan fingerprint density at radius 1 is 0.625 bits per heavy atom. The van der Waals surface area contributed by atoms with Gasteiger partial charge < -0.3 is 0 Å². The third-order valence-electron chi connectivity index (χ3n) is 3.80. The summed E-state index contributed by atoms with van der Waals surface area (Å²) in [6.07, 6.45) is 17.3. The Morgan fingerprint density at radius 3 is 1.12 bits per heavy atom. The van der Waals surface area contributed by atoms with Crippen molar-refractivity contribution in [2.75, 3.05) is 14.1 Å². The first-order valence-corrected chi connectivity index (χ1v) is 5.70. The smallest absolute Gasteiger partial charge is 0.0691 e. The Bertz CT molecular complexity index is 326. The first kappa shape index (κ1) is 11.4. The summed E-state index contributed by atoms with van der Waals surface area (Å²) in [6, 6.07) is 0. The van der Waals surface area contributed by atoms with Crippen LogP contribution in [0.15, 0.2) is 48.6 Å². The van der Waals surface area contributed by atoms with Crippen molar-refractivity contribution in [3.05, 3.63) is 48.6 Å². The van der Waals surface area contributed by atoms with Gasteiger partial charge in [-0.15, -0.1) is 0 Å². The fourth-order valence-electron chi connectivity index (χ4n) is 2.19. The van der Waals surface area contributed by atoms with Gasteiger partial charge in [0.1, 0.15) is 0 Å². The van der Waals surface area contributed by atoms with Crippen LogP contribution >= 0.6 is 0 Å². The highest BCUT2D eigenvalue weighted by atomic mass is 15.6. The molecule has 0 heterocycles. The Kier molecular flexibility index (Phi) is 2.64. The zero-order valence-electron chi connectivity index (χ0n) is 10.5. The van der Waals surface area contributed by atoms with Crippen molar-refractivity contribution >= 4 is 0 Å². The Hall–Kier alpha value is -1.12. The minimum Gasteiger partial charge on any atom is -0.230 e. The monoisotopic (exact) mass is 216 g/mol. The van der Waals surface area contributed by atoms with E-state index in [1.165, 1.54) is 0 Å². The van der Waals surface area contributed by atoms with E-state index in [0.29, 0.717) is 0 Å². The van der Waals surface area contributed by atoms with E-state index in [1.807, 2.05) is 0 Å². The fourth-order valence-corrected chi connectivity index (χ4v) is 2.19. The van der Waals surface area contributed by atoms with E-state index < -0.39 is 0 Å². The van der Waals surface area contributed by atoms with Crippen LogP contribution in [0.4, 0.5) is 0 Å². The number of allylic oxidation sites excluding steroid dienone is 4. The predicted molar refractivity (Wildman–Crippen MR) is 68.9 cm³/mol. The largest absolute Gasteiger partial charge is 0.230 e. The third kappa shape index (κ3) is 1.68. The molecule has 0 radical (unpaired) electrons. The van der Waals surface area contributed by atoms with E-state index in [-0.39, 0.29) is 11.1 Å². The second-order valence-corrected chi connectivity index (χ2v) is 4.94. The van der Waals surface area contributed by atoms with Gasteiger partial charge in [-0.1, -0.05) is 48.6 Å². The maximum Gasteiger partial charge on any atom is 0.0691 e. The SMILES string of the molecule is CN(N(C)C1(C)C=CC=C1)C1(C)C=CC=C1. The Morgan fingerprint density at radius 2 is 0.875 bits per heavy atom. The van der Waals surface area contributed by atoms with Crippen LogP contribution in [0, 0.1) is 0 Å². The molecule has 0 aromatic carbocycles. The summed E-state index contributed by atoms with van der Waals surface area (Å²) in [4.78, 5) is 0. The molecule has 2 aliphatic rings. The molecule has 2 heteroatoms. The van der Waals surface area contributed by atoms with Crippen molar-refractivity contribution in [3.63, 3.8) is 0 Å². The van der Waals surface area contributed by atoms with E-state index in [4.69, 9.17) is 0 Å². The number of rotatable bonds is 3. The highest BCUT2D eigenvalue weighted by molar-refractivity contribution is 5.31. The Balaban J connectivity index is 2.19. The molecule has 0 amide bonds. The lowest BCUT2D eigenvalue weighted by Gasteiger charge is -2.45. The van der Waals surface area contributed by atoms with Crippen molar-refractivity contribution < 1.29 is 0 Å². The van der Waals surface area contributed by atoms with Gasteiger partial charge in [0.05, 0.1) is 11.1 Å². The maximum atomic E-state index is 2.27. The van der Waals surface area contributed by atoms with Gasteiger partial charge in [-0.3, -0.25) is 0 Å². The van der Waals surface area contributed by atoms with E-state index >= 15 is 0 Å². The normalized spacial score (nSPS) is 24.1. The number of hydrogen-bond acceptors (Lipinski definition) is 2. The van der Waals surface area contributed by atoms with Crippen LogP contribution < -0.4 is 0 Å². The molecule has 0 spiro atoms. The van der Waals surface area contributed by atoms with E-state index in [1.54, 1.807) is 0 Å². The molecular formula is C14H20N2. The Labute approximate surface area is 98.2 Å². The van der Waals surface area contributed by atoms with Gasteiger partial charge in [0, 0.05) is 14.1 Å². The van der Waals surface area contributed by atoms with Crippen LogP contribution in [0.1, 0.15) is 13.8 Å². The zero-order chi connectivity index (χ0) is 11.8. The van der Waals surface area contributed by atoms with Crippen molar-refractivity contribution in [1.82, 2.24) is 10.0 Å². The highest BCUT2D eigenvalue weighted by Gasteiger charge is 2.35. The summed E-state index contributed by atoms with van der Waals surface area (Å²) in [6.45, 7) is 4.43. The van der Waals surface area contributed by atoms with Gasteiger partial charge in [0.2, 0.25) is 0 Å². The minimum absolute atomic E-state index is 0.0119. The first-order valence-electron chi connectivity index (χ1n) is 5.70. The van der Waals surface area contributed by atoms with Gasteiger partial charge in [-0.2, -0.15) is 0 Å². The topological polar surface area (TPSA) is 6.48 Å². The zero-order valence-corrected chi connectivity index (χ0v) is 10.5. The van der Waals surface area contributed by atoms with Gasteiger partial charge in [0.15, 0.2) is 0 Å². The summed E-state index contributed by atoms with van der Waals surface area (Å²) in [7, 11) is 4.26. The van der Waals surface area contributed by atoms with E-state index in [0.717, 1.165) is 0 Å². The van der Waals surface area contributed by atoms with Crippen LogP contribution in [-0.4, -0.2) is 35.2 Å². The molecule has 0 aromatic rings. The number of hydrogen-bond donors (Lipinski definition) is 0. The molecule has 0 saturated carbocycles. The van der Waals surface area contributed by atoms with Crippen LogP contribution in [0.25, 0.3) is 0 Å². The molecule has 0 saturated heterocycles. The second kappa shape index (κ2) is 3.72. The predicted octanol–water partition coefficient (Wildman–Crippen LogP) is 2.53. The molecule has 0 aromatic heterocycles. The molecule has 0 fully saturated rings. The molecule has 2 aliphatic carbocycles. The molecule has 0 N–H and O–H groups in total. The average molecular weight is 216 g/mol. The highest BCUT2D eigenvalue weighted by Crippen LogP contribution is 2.29. The third-order valence-corrected chi connectivity index (χ3v) is 3.80. The van der Waals surface area contributed by atoms with Gasteiger partial charge in [-0.25, -0.2) is 10.0 Å². The quantitative estimate of drug-likeness (QED) is 0.669. The van der Waals surface area contributed by atoms with Crippen molar-refractivity contribution in [2.24, 2.45) is 0 Å². The van der Waals surface area contributed by atoms with Crippen LogP contribution in [0.2, 0.25) is 0 Å². The number of nitrogens with zero attached hydrogens (tertiary/aromatic N) is 2. The molecule has 0 bridgehead atoms. The van der Waals surface area contributed by atoms with E-state index in [2.05, 4.69) is 86.6 Å². The molecule has 0 unspecified atom stereocenters. The molecule has 0 aliphatic heterocycles. The number of likely N-dealkylation sites (N-methyl/N-ethyl adjacent to an activating group) is 2. The minimum atomic E-state index is -0.0119. The lowest BCUT2D eigenvalue weighted by molar-refractivity contribution is -0.0620. The molecule has 2 nitrogen and oxygen atoms in total. The summed E-state index contributed by atoms with van der Waals surface area (Å²) in [5, 5.41) is 4.54. The second-order valence-electron chi connectivity index (χ2n) is 4.94. The molecular weight excluding hydrogens is 196 g/mol. The van der Waals surface area contributed by atoms with Gasteiger partial charge >= 0.3 is 0 Å². The lowest BCUT2D eigenvalue weighted by Crippen LogP contribution is -2.56. The number of hydrazine groups is 1. The van der Waals surface area contributed by atoms with Crippen molar-refractivity contribution in [3.8, 4) is 0 Å². The van der Waals surface area contributed by atoms with Crippen molar-refractivity contribution in [1.29, 1.82) is 0 Å². The molecule has 2 rings (SSSR count). The fraction of sp³-hybridized carbons (Fsp3) is 0.429. The average Bonchev–Trinajstić information content (AvgIpc) is 2.87. The lowest BCUT2D eigenvalue weighted by atomic mass is 10.0. The van der Waals surface area contributed by atoms with Crippen LogP contribution in [0.5, 0.6) is 0 Å². The summed E-state index contributed by atoms with van der Waals surface area (Å²) in [5.74, 6) is 0. The van der Waals surface area contributed by atoms with Gasteiger partial charge in [-0.05, 0) is 13.8 Å².